The summed E-state index contributed by atoms with van der Waals surface area (Å²) in [6.45, 7) is 7.13. The molecule has 112 valence electrons. The second-order valence-electron chi connectivity index (χ2n) is 5.33. The third-order valence-corrected chi connectivity index (χ3v) is 3.78. The van der Waals surface area contributed by atoms with E-state index in [4.69, 9.17) is 5.11 Å². The largest absolute Gasteiger partial charge is 0.395 e. The van der Waals surface area contributed by atoms with Crippen molar-refractivity contribution in [2.45, 2.75) is 51.6 Å². The summed E-state index contributed by atoms with van der Waals surface area (Å²) in [5.41, 5.74) is 0. The zero-order chi connectivity index (χ0) is 14.1. The lowest BCUT2D eigenvalue weighted by Gasteiger charge is -2.25. The summed E-state index contributed by atoms with van der Waals surface area (Å²) in [7, 11) is 0. The molecule has 0 aromatic heterocycles. The van der Waals surface area contributed by atoms with Crippen molar-refractivity contribution in [1.82, 2.24) is 15.5 Å². The van der Waals surface area contributed by atoms with Gasteiger partial charge < -0.3 is 15.7 Å². The molecule has 0 aromatic carbocycles. The Morgan fingerprint density at radius 2 is 2.21 bits per heavy atom. The first kappa shape index (κ1) is 16.4. The number of amides is 1. The molecule has 3 N–H and O–H groups in total. The standard InChI is InChI=1S/C14H29N3O2/c1-3-12(4-2)16-14(19)11-17(8-9-18)10-13-6-5-7-15-13/h12-13,15,18H,3-11H2,1-2H3,(H,16,19). The van der Waals surface area contributed by atoms with Crippen molar-refractivity contribution >= 4 is 5.91 Å². The molecule has 1 unspecified atom stereocenters. The van der Waals surface area contributed by atoms with Crippen LogP contribution in [0, 0.1) is 0 Å². The fraction of sp³-hybridized carbons (Fsp3) is 0.929. The van der Waals surface area contributed by atoms with E-state index in [-0.39, 0.29) is 18.6 Å². The number of nitrogens with one attached hydrogen (secondary N) is 2. The second-order valence-corrected chi connectivity index (χ2v) is 5.33. The van der Waals surface area contributed by atoms with E-state index in [0.717, 1.165) is 32.4 Å². The van der Waals surface area contributed by atoms with Crippen LogP contribution < -0.4 is 10.6 Å². The van der Waals surface area contributed by atoms with E-state index in [1.807, 2.05) is 4.90 Å². The molecule has 1 rings (SSSR count). The first-order chi connectivity index (χ1) is 9.19. The lowest BCUT2D eigenvalue weighted by atomic mass is 10.1. The predicted molar refractivity (Wildman–Crippen MR) is 77.1 cm³/mol. The van der Waals surface area contributed by atoms with E-state index < -0.39 is 0 Å². The number of carbonyl (C=O) groups excluding carboxylic acids is 1. The molecule has 0 aliphatic carbocycles. The minimum Gasteiger partial charge on any atom is -0.395 e. The third kappa shape index (κ3) is 6.36. The van der Waals surface area contributed by atoms with E-state index >= 15 is 0 Å². The van der Waals surface area contributed by atoms with Gasteiger partial charge in [-0.3, -0.25) is 9.69 Å². The normalized spacial score (nSPS) is 19.3. The average Bonchev–Trinajstić information content (AvgIpc) is 2.89. The molecule has 1 aliphatic rings. The Hall–Kier alpha value is -0.650. The molecule has 19 heavy (non-hydrogen) atoms. The smallest absolute Gasteiger partial charge is 0.234 e. The zero-order valence-corrected chi connectivity index (χ0v) is 12.3. The van der Waals surface area contributed by atoms with Crippen LogP contribution >= 0.6 is 0 Å². The van der Waals surface area contributed by atoms with Crippen LogP contribution in [0.2, 0.25) is 0 Å². The van der Waals surface area contributed by atoms with Crippen LogP contribution in [-0.2, 0) is 4.79 Å². The molecule has 5 heteroatoms. The summed E-state index contributed by atoms with van der Waals surface area (Å²) < 4.78 is 0. The van der Waals surface area contributed by atoms with Crippen LogP contribution in [0.15, 0.2) is 0 Å². The molecule has 1 saturated heterocycles. The molecule has 1 aliphatic heterocycles. The van der Waals surface area contributed by atoms with Gasteiger partial charge in [-0.05, 0) is 32.2 Å². The fourth-order valence-corrected chi connectivity index (χ4v) is 2.57. The molecule has 5 nitrogen and oxygen atoms in total. The molecule has 0 aromatic rings. The van der Waals surface area contributed by atoms with Crippen molar-refractivity contribution in [3.05, 3.63) is 0 Å². The Morgan fingerprint density at radius 1 is 1.47 bits per heavy atom. The van der Waals surface area contributed by atoms with Crippen molar-refractivity contribution < 1.29 is 9.90 Å². The maximum atomic E-state index is 12.0. The van der Waals surface area contributed by atoms with Crippen molar-refractivity contribution in [2.24, 2.45) is 0 Å². The molecular weight excluding hydrogens is 242 g/mol. The Kier molecular flexibility index (Phi) is 8.02. The number of rotatable bonds is 9. The van der Waals surface area contributed by atoms with E-state index in [2.05, 4.69) is 24.5 Å². The zero-order valence-electron chi connectivity index (χ0n) is 12.3. The molecule has 0 bridgehead atoms. The van der Waals surface area contributed by atoms with E-state index in [0.29, 0.717) is 19.1 Å². The molecule has 0 spiro atoms. The molecule has 1 amide bonds. The molecule has 0 radical (unpaired) electrons. The number of hydrogen-bond acceptors (Lipinski definition) is 4. The maximum absolute atomic E-state index is 12.0. The quantitative estimate of drug-likeness (QED) is 0.566. The topological polar surface area (TPSA) is 64.6 Å². The van der Waals surface area contributed by atoms with Gasteiger partial charge in [-0.1, -0.05) is 13.8 Å². The summed E-state index contributed by atoms with van der Waals surface area (Å²) in [6, 6.07) is 0.737. The lowest BCUT2D eigenvalue weighted by Crippen LogP contribution is -2.46. The fourth-order valence-electron chi connectivity index (χ4n) is 2.57. The van der Waals surface area contributed by atoms with Crippen LogP contribution in [0.25, 0.3) is 0 Å². The molecule has 1 fully saturated rings. The van der Waals surface area contributed by atoms with Gasteiger partial charge in [-0.15, -0.1) is 0 Å². The first-order valence-corrected chi connectivity index (χ1v) is 7.55. The van der Waals surface area contributed by atoms with Gasteiger partial charge in [0.1, 0.15) is 0 Å². The van der Waals surface area contributed by atoms with Gasteiger partial charge in [-0.2, -0.15) is 0 Å². The highest BCUT2D eigenvalue weighted by Crippen LogP contribution is 2.07. The SMILES string of the molecule is CCC(CC)NC(=O)CN(CCO)CC1CCCN1. The third-order valence-electron chi connectivity index (χ3n) is 3.78. The summed E-state index contributed by atoms with van der Waals surface area (Å²) in [5, 5.41) is 15.6. The minimum atomic E-state index is 0.0696. The average molecular weight is 271 g/mol. The Labute approximate surface area is 116 Å². The monoisotopic (exact) mass is 271 g/mol. The number of aliphatic hydroxyl groups excluding tert-OH is 1. The number of aliphatic hydroxyl groups is 1. The predicted octanol–water partition coefficient (Wildman–Crippen LogP) is 0.338. The van der Waals surface area contributed by atoms with Crippen LogP contribution in [0.5, 0.6) is 0 Å². The highest BCUT2D eigenvalue weighted by Gasteiger charge is 2.19. The number of hydrogen-bond donors (Lipinski definition) is 3. The van der Waals surface area contributed by atoms with Gasteiger partial charge in [0.2, 0.25) is 5.91 Å². The van der Waals surface area contributed by atoms with Crippen molar-refractivity contribution in [3.8, 4) is 0 Å². The highest BCUT2D eigenvalue weighted by atomic mass is 16.3. The minimum absolute atomic E-state index is 0.0696. The van der Waals surface area contributed by atoms with E-state index in [1.54, 1.807) is 0 Å². The Balaban J connectivity index is 2.36. The summed E-state index contributed by atoms with van der Waals surface area (Å²) >= 11 is 0. The van der Waals surface area contributed by atoms with Gasteiger partial charge in [-0.25, -0.2) is 0 Å². The van der Waals surface area contributed by atoms with Crippen molar-refractivity contribution in [2.75, 3.05) is 32.8 Å². The molecule has 1 atom stereocenters. The van der Waals surface area contributed by atoms with E-state index in [1.165, 1.54) is 6.42 Å². The highest BCUT2D eigenvalue weighted by molar-refractivity contribution is 5.78. The summed E-state index contributed by atoms with van der Waals surface area (Å²) in [5.74, 6) is 0.0696. The Bertz CT molecular complexity index is 251. The molecule has 0 saturated carbocycles. The van der Waals surface area contributed by atoms with Crippen LogP contribution in [-0.4, -0.2) is 60.8 Å². The van der Waals surface area contributed by atoms with Gasteiger partial charge in [0, 0.05) is 25.2 Å². The van der Waals surface area contributed by atoms with Crippen molar-refractivity contribution in [3.63, 3.8) is 0 Å². The van der Waals surface area contributed by atoms with Gasteiger partial charge in [0.15, 0.2) is 0 Å². The molecular formula is C14H29N3O2. The van der Waals surface area contributed by atoms with Gasteiger partial charge in [0.25, 0.3) is 0 Å². The maximum Gasteiger partial charge on any atom is 0.234 e. The van der Waals surface area contributed by atoms with Gasteiger partial charge in [0.05, 0.1) is 13.2 Å². The summed E-state index contributed by atoms with van der Waals surface area (Å²) in [4.78, 5) is 14.0. The van der Waals surface area contributed by atoms with Gasteiger partial charge >= 0.3 is 0 Å². The van der Waals surface area contributed by atoms with Crippen LogP contribution in [0.3, 0.4) is 0 Å². The number of carbonyl (C=O) groups is 1. The van der Waals surface area contributed by atoms with Crippen LogP contribution in [0.4, 0.5) is 0 Å². The summed E-state index contributed by atoms with van der Waals surface area (Å²) in [6.07, 6.45) is 4.30. The van der Waals surface area contributed by atoms with E-state index in [9.17, 15) is 4.79 Å². The van der Waals surface area contributed by atoms with Crippen LogP contribution in [0.1, 0.15) is 39.5 Å². The molecule has 1 heterocycles. The lowest BCUT2D eigenvalue weighted by molar-refractivity contribution is -0.123. The number of nitrogens with zero attached hydrogens (tertiary/aromatic N) is 1. The first-order valence-electron chi connectivity index (χ1n) is 7.55. The Morgan fingerprint density at radius 3 is 2.74 bits per heavy atom. The van der Waals surface area contributed by atoms with Crippen molar-refractivity contribution in [1.29, 1.82) is 0 Å². The second kappa shape index (κ2) is 9.28.